The Kier molecular flexibility index (Phi) is 5.30. The minimum absolute atomic E-state index is 0.115. The summed E-state index contributed by atoms with van der Waals surface area (Å²) in [6, 6.07) is 8.23. The predicted octanol–water partition coefficient (Wildman–Crippen LogP) is 2.99. The normalized spacial score (nSPS) is 15.8. The number of anilines is 1. The molecule has 144 valence electrons. The highest BCUT2D eigenvalue weighted by molar-refractivity contribution is 7.89. The number of rotatable bonds is 4. The topological polar surface area (TPSA) is 57.7 Å². The highest BCUT2D eigenvalue weighted by Gasteiger charge is 2.31. The van der Waals surface area contributed by atoms with Crippen molar-refractivity contribution in [2.45, 2.75) is 18.7 Å². The number of carbonyl (C=O) groups is 1. The van der Waals surface area contributed by atoms with Crippen LogP contribution in [0.2, 0.25) is 0 Å². The summed E-state index contributed by atoms with van der Waals surface area (Å²) in [5.41, 5.74) is 1.26. The van der Waals surface area contributed by atoms with Crippen molar-refractivity contribution in [1.82, 2.24) is 4.31 Å². The minimum Gasteiger partial charge on any atom is -0.367 e. The van der Waals surface area contributed by atoms with Gasteiger partial charge in [-0.2, -0.15) is 4.31 Å². The molecule has 0 bridgehead atoms. The van der Waals surface area contributed by atoms with Crippen LogP contribution in [-0.2, 0) is 10.0 Å². The van der Waals surface area contributed by atoms with Crippen LogP contribution in [0.4, 0.5) is 14.5 Å². The Hall–Kier alpha value is -2.32. The van der Waals surface area contributed by atoms with Gasteiger partial charge in [0, 0.05) is 31.7 Å². The molecule has 5 nitrogen and oxygen atoms in total. The monoisotopic (exact) mass is 394 g/mol. The third kappa shape index (κ3) is 3.86. The van der Waals surface area contributed by atoms with Gasteiger partial charge < -0.3 is 4.90 Å². The fourth-order valence-corrected chi connectivity index (χ4v) is 4.67. The number of hydrogen-bond acceptors (Lipinski definition) is 4. The molecule has 2 aromatic carbocycles. The zero-order valence-corrected chi connectivity index (χ0v) is 15.9. The van der Waals surface area contributed by atoms with Crippen molar-refractivity contribution in [2.24, 2.45) is 0 Å². The van der Waals surface area contributed by atoms with E-state index in [4.69, 9.17) is 0 Å². The number of ketones is 1. The minimum atomic E-state index is -3.96. The molecule has 0 aliphatic carbocycles. The second kappa shape index (κ2) is 7.36. The van der Waals surface area contributed by atoms with E-state index in [1.807, 2.05) is 0 Å². The highest BCUT2D eigenvalue weighted by atomic mass is 32.2. The summed E-state index contributed by atoms with van der Waals surface area (Å²) >= 11 is 0. The van der Waals surface area contributed by atoms with Crippen LogP contribution in [0.3, 0.4) is 0 Å². The van der Waals surface area contributed by atoms with E-state index in [9.17, 15) is 22.0 Å². The lowest BCUT2D eigenvalue weighted by Crippen LogP contribution is -2.49. The van der Waals surface area contributed by atoms with E-state index in [2.05, 4.69) is 0 Å². The number of aryl methyl sites for hydroxylation is 1. The summed E-state index contributed by atoms with van der Waals surface area (Å²) < 4.78 is 55.0. The summed E-state index contributed by atoms with van der Waals surface area (Å²) in [7, 11) is -3.96. The van der Waals surface area contributed by atoms with Gasteiger partial charge in [-0.25, -0.2) is 17.2 Å². The molecule has 27 heavy (non-hydrogen) atoms. The Morgan fingerprint density at radius 3 is 2.22 bits per heavy atom. The van der Waals surface area contributed by atoms with Crippen LogP contribution in [-0.4, -0.2) is 44.7 Å². The van der Waals surface area contributed by atoms with Gasteiger partial charge in [-0.1, -0.05) is 6.07 Å². The standard InChI is InChI=1S/C19H20F2N2O3S/c1-13-3-5-16(20)19(11-13)27(25,26)23-9-7-22(8-10-23)18-6-4-15(14(2)24)12-17(18)21/h3-6,11-12H,7-10H2,1-2H3. The lowest BCUT2D eigenvalue weighted by molar-refractivity contribution is 0.101. The molecular weight excluding hydrogens is 374 g/mol. The van der Waals surface area contributed by atoms with Crippen molar-refractivity contribution in [1.29, 1.82) is 0 Å². The van der Waals surface area contributed by atoms with E-state index < -0.39 is 21.7 Å². The highest BCUT2D eigenvalue weighted by Crippen LogP contribution is 2.26. The predicted molar refractivity (Wildman–Crippen MR) is 98.5 cm³/mol. The summed E-state index contributed by atoms with van der Waals surface area (Å²) in [6.45, 7) is 3.83. The van der Waals surface area contributed by atoms with Crippen molar-refractivity contribution in [3.05, 3.63) is 59.2 Å². The summed E-state index contributed by atoms with van der Waals surface area (Å²) in [4.78, 5) is 12.7. The fraction of sp³-hybridized carbons (Fsp3) is 0.316. The lowest BCUT2D eigenvalue weighted by atomic mass is 10.1. The maximum Gasteiger partial charge on any atom is 0.246 e. The molecule has 1 aliphatic rings. The van der Waals surface area contributed by atoms with E-state index in [-0.39, 0.29) is 42.4 Å². The Balaban J connectivity index is 1.77. The molecule has 1 fully saturated rings. The molecule has 1 aliphatic heterocycles. The number of piperazine rings is 1. The Bertz CT molecular complexity index is 984. The third-order valence-electron chi connectivity index (χ3n) is 4.64. The van der Waals surface area contributed by atoms with Gasteiger partial charge in [-0.05, 0) is 49.7 Å². The Morgan fingerprint density at radius 1 is 0.963 bits per heavy atom. The zero-order chi connectivity index (χ0) is 19.8. The molecule has 1 heterocycles. The van der Waals surface area contributed by atoms with Gasteiger partial charge in [0.25, 0.3) is 0 Å². The molecule has 8 heteroatoms. The van der Waals surface area contributed by atoms with Gasteiger partial charge in [0.2, 0.25) is 10.0 Å². The van der Waals surface area contributed by atoms with Gasteiger partial charge in [0.05, 0.1) is 5.69 Å². The SMILES string of the molecule is CC(=O)c1ccc(N2CCN(S(=O)(=O)c3cc(C)ccc3F)CC2)c(F)c1. The van der Waals surface area contributed by atoms with Gasteiger partial charge in [-0.3, -0.25) is 4.79 Å². The quantitative estimate of drug-likeness (QED) is 0.748. The first-order valence-corrected chi connectivity index (χ1v) is 9.96. The second-order valence-corrected chi connectivity index (χ2v) is 8.45. The van der Waals surface area contributed by atoms with Crippen LogP contribution in [0.15, 0.2) is 41.3 Å². The van der Waals surface area contributed by atoms with Crippen LogP contribution < -0.4 is 4.90 Å². The van der Waals surface area contributed by atoms with Crippen molar-refractivity contribution in [2.75, 3.05) is 31.1 Å². The van der Waals surface area contributed by atoms with Crippen LogP contribution in [0.5, 0.6) is 0 Å². The molecular formula is C19H20F2N2O3S. The molecule has 0 N–H and O–H groups in total. The maximum absolute atomic E-state index is 14.3. The van der Waals surface area contributed by atoms with Gasteiger partial charge in [0.15, 0.2) is 5.78 Å². The maximum atomic E-state index is 14.3. The number of Topliss-reactive ketones (excluding diaryl/α,β-unsaturated/α-hetero) is 1. The number of benzene rings is 2. The van der Waals surface area contributed by atoms with Gasteiger partial charge in [-0.15, -0.1) is 0 Å². The molecule has 0 saturated carbocycles. The van der Waals surface area contributed by atoms with Crippen LogP contribution in [0, 0.1) is 18.6 Å². The molecule has 0 radical (unpaired) electrons. The van der Waals surface area contributed by atoms with Gasteiger partial charge in [0.1, 0.15) is 16.5 Å². The first-order valence-electron chi connectivity index (χ1n) is 8.52. The van der Waals surface area contributed by atoms with E-state index in [0.717, 1.165) is 6.07 Å². The third-order valence-corrected chi connectivity index (χ3v) is 6.55. The number of hydrogen-bond donors (Lipinski definition) is 0. The number of nitrogens with zero attached hydrogens (tertiary/aromatic N) is 2. The average Bonchev–Trinajstić information content (AvgIpc) is 2.63. The van der Waals surface area contributed by atoms with Crippen LogP contribution >= 0.6 is 0 Å². The van der Waals surface area contributed by atoms with Gasteiger partial charge >= 0.3 is 0 Å². The largest absolute Gasteiger partial charge is 0.367 e. The molecule has 2 aromatic rings. The van der Waals surface area contributed by atoms with Crippen molar-refractivity contribution in [3.63, 3.8) is 0 Å². The van der Waals surface area contributed by atoms with E-state index in [0.29, 0.717) is 11.3 Å². The molecule has 1 saturated heterocycles. The second-order valence-electron chi connectivity index (χ2n) is 6.55. The molecule has 0 aromatic heterocycles. The van der Waals surface area contributed by atoms with E-state index in [1.165, 1.54) is 35.5 Å². The molecule has 0 amide bonds. The lowest BCUT2D eigenvalue weighted by Gasteiger charge is -2.35. The Morgan fingerprint density at radius 2 is 1.63 bits per heavy atom. The number of carbonyl (C=O) groups excluding carboxylic acids is 1. The molecule has 0 unspecified atom stereocenters. The average molecular weight is 394 g/mol. The fourth-order valence-electron chi connectivity index (χ4n) is 3.10. The van der Waals surface area contributed by atoms with Crippen molar-refractivity contribution >= 4 is 21.5 Å². The van der Waals surface area contributed by atoms with Crippen molar-refractivity contribution in [3.8, 4) is 0 Å². The molecule has 3 rings (SSSR count). The van der Waals surface area contributed by atoms with E-state index >= 15 is 0 Å². The zero-order valence-electron chi connectivity index (χ0n) is 15.1. The smallest absolute Gasteiger partial charge is 0.246 e. The van der Waals surface area contributed by atoms with Crippen LogP contribution in [0.25, 0.3) is 0 Å². The number of sulfonamides is 1. The number of halogens is 2. The summed E-state index contributed by atoms with van der Waals surface area (Å²) in [5, 5.41) is 0. The Labute approximate surface area is 157 Å². The van der Waals surface area contributed by atoms with Crippen molar-refractivity contribution < 1.29 is 22.0 Å². The first-order chi connectivity index (χ1) is 12.7. The summed E-state index contributed by atoms with van der Waals surface area (Å²) in [6.07, 6.45) is 0. The summed E-state index contributed by atoms with van der Waals surface area (Å²) in [5.74, 6) is -1.53. The van der Waals surface area contributed by atoms with Crippen LogP contribution in [0.1, 0.15) is 22.8 Å². The molecule has 0 spiro atoms. The first kappa shape index (κ1) is 19.4. The van der Waals surface area contributed by atoms with E-state index in [1.54, 1.807) is 17.9 Å². The molecule has 0 atom stereocenters.